The number of anilines is 1. The van der Waals surface area contributed by atoms with E-state index in [2.05, 4.69) is 5.32 Å². The fraction of sp³-hybridized carbons (Fsp3) is 0.238. The first-order chi connectivity index (χ1) is 13.4. The Hall–Kier alpha value is -3.48. The predicted molar refractivity (Wildman–Crippen MR) is 106 cm³/mol. The fourth-order valence-corrected chi connectivity index (χ4v) is 2.79. The average molecular weight is 383 g/mol. The van der Waals surface area contributed by atoms with E-state index in [-0.39, 0.29) is 17.3 Å². The molecule has 7 heteroatoms. The third-order valence-corrected chi connectivity index (χ3v) is 3.97. The molecular weight excluding hydrogens is 362 g/mol. The monoisotopic (exact) mass is 383 g/mol. The minimum absolute atomic E-state index is 0.0271. The van der Waals surface area contributed by atoms with Crippen LogP contribution in [0.25, 0.3) is 11.0 Å². The van der Waals surface area contributed by atoms with Crippen LogP contribution in [0.4, 0.5) is 5.69 Å². The van der Waals surface area contributed by atoms with Crippen LogP contribution in [0, 0.1) is 0 Å². The van der Waals surface area contributed by atoms with Gasteiger partial charge in [0.15, 0.2) is 11.5 Å². The van der Waals surface area contributed by atoms with Gasteiger partial charge in [-0.05, 0) is 38.1 Å². The number of rotatable bonds is 6. The molecule has 0 atom stereocenters. The average Bonchev–Trinajstić information content (AvgIpc) is 2.66. The molecule has 1 heterocycles. The second kappa shape index (κ2) is 8.04. The lowest BCUT2D eigenvalue weighted by atomic mass is 10.1. The Balaban J connectivity index is 1.96. The maximum atomic E-state index is 12.8. The molecule has 1 amide bonds. The summed E-state index contributed by atoms with van der Waals surface area (Å²) in [6.45, 7) is 3.79. The van der Waals surface area contributed by atoms with Crippen LogP contribution in [0.5, 0.6) is 17.2 Å². The zero-order valence-electron chi connectivity index (χ0n) is 16.1. The number of carbonyl (C=O) groups excluding carboxylic acids is 1. The molecule has 146 valence electrons. The second-order valence-corrected chi connectivity index (χ2v) is 6.33. The third-order valence-electron chi connectivity index (χ3n) is 3.97. The van der Waals surface area contributed by atoms with E-state index < -0.39 is 11.5 Å². The Kier molecular flexibility index (Phi) is 5.54. The van der Waals surface area contributed by atoms with Gasteiger partial charge < -0.3 is 23.9 Å². The van der Waals surface area contributed by atoms with Crippen LogP contribution < -0.4 is 25.2 Å². The lowest BCUT2D eigenvalue weighted by Crippen LogP contribution is -2.15. The molecular formula is C21H21NO6. The summed E-state index contributed by atoms with van der Waals surface area (Å²) < 4.78 is 21.3. The van der Waals surface area contributed by atoms with Gasteiger partial charge in [-0.3, -0.25) is 4.79 Å². The largest absolute Gasteiger partial charge is 0.493 e. The number of amides is 1. The molecule has 0 aliphatic rings. The Labute approximate surface area is 161 Å². The Morgan fingerprint density at radius 2 is 1.75 bits per heavy atom. The molecule has 0 aliphatic heterocycles. The summed E-state index contributed by atoms with van der Waals surface area (Å²) in [5.74, 6) is 1.14. The van der Waals surface area contributed by atoms with Gasteiger partial charge >= 0.3 is 5.63 Å². The van der Waals surface area contributed by atoms with E-state index in [1.165, 1.54) is 20.3 Å². The van der Waals surface area contributed by atoms with Gasteiger partial charge in [-0.1, -0.05) is 0 Å². The van der Waals surface area contributed by atoms with Crippen LogP contribution in [0.2, 0.25) is 0 Å². The van der Waals surface area contributed by atoms with E-state index in [0.29, 0.717) is 28.3 Å². The Morgan fingerprint density at radius 3 is 2.43 bits per heavy atom. The number of fused-ring (bicyclic) bond motifs is 1. The molecule has 0 saturated heterocycles. The summed E-state index contributed by atoms with van der Waals surface area (Å²) in [6, 6.07) is 11.2. The maximum Gasteiger partial charge on any atom is 0.337 e. The van der Waals surface area contributed by atoms with Crippen molar-refractivity contribution in [2.45, 2.75) is 20.0 Å². The summed E-state index contributed by atoms with van der Waals surface area (Å²) in [7, 11) is 3.04. The Bertz CT molecular complexity index is 1070. The van der Waals surface area contributed by atoms with E-state index in [4.69, 9.17) is 18.6 Å². The van der Waals surface area contributed by atoms with Gasteiger partial charge in [0.25, 0.3) is 5.91 Å². The number of methoxy groups -OCH3 is 2. The van der Waals surface area contributed by atoms with E-state index in [9.17, 15) is 9.59 Å². The molecule has 0 unspecified atom stereocenters. The number of hydrogen-bond acceptors (Lipinski definition) is 6. The lowest BCUT2D eigenvalue weighted by molar-refractivity contribution is 0.102. The molecule has 2 aromatic carbocycles. The molecule has 1 aromatic heterocycles. The number of carbonyl (C=O) groups is 1. The summed E-state index contributed by atoms with van der Waals surface area (Å²) in [5, 5.41) is 3.27. The highest BCUT2D eigenvalue weighted by atomic mass is 16.5. The molecule has 7 nitrogen and oxygen atoms in total. The van der Waals surface area contributed by atoms with E-state index in [1.807, 2.05) is 13.8 Å². The van der Waals surface area contributed by atoms with Gasteiger partial charge in [-0.15, -0.1) is 0 Å². The summed E-state index contributed by atoms with van der Waals surface area (Å²) in [6.07, 6.45) is -0.0271. The molecule has 0 radical (unpaired) electrons. The lowest BCUT2D eigenvalue weighted by Gasteiger charge is -2.12. The SMILES string of the molecule is COc1ccc(NC(=O)c2cc(=O)oc3cc(OC(C)C)ccc23)cc1OC. The first-order valence-corrected chi connectivity index (χ1v) is 8.69. The molecule has 3 aromatic rings. The molecule has 28 heavy (non-hydrogen) atoms. The summed E-state index contributed by atoms with van der Waals surface area (Å²) >= 11 is 0. The highest BCUT2D eigenvalue weighted by molar-refractivity contribution is 6.12. The van der Waals surface area contributed by atoms with Crippen molar-refractivity contribution in [3.05, 3.63) is 58.4 Å². The summed E-state index contributed by atoms with van der Waals surface area (Å²) in [4.78, 5) is 24.8. The van der Waals surface area contributed by atoms with Gasteiger partial charge in [0.05, 0.1) is 25.9 Å². The van der Waals surface area contributed by atoms with Crippen LogP contribution in [0.15, 0.2) is 51.7 Å². The smallest absolute Gasteiger partial charge is 0.337 e. The highest BCUT2D eigenvalue weighted by Gasteiger charge is 2.15. The molecule has 0 spiro atoms. The van der Waals surface area contributed by atoms with Gasteiger partial charge in [0, 0.05) is 29.3 Å². The van der Waals surface area contributed by atoms with E-state index >= 15 is 0 Å². The quantitative estimate of drug-likeness (QED) is 0.651. The van der Waals surface area contributed by atoms with Crippen LogP contribution in [0.3, 0.4) is 0 Å². The van der Waals surface area contributed by atoms with Crippen LogP contribution in [-0.4, -0.2) is 26.2 Å². The second-order valence-electron chi connectivity index (χ2n) is 6.33. The van der Waals surface area contributed by atoms with Crippen molar-refractivity contribution in [2.75, 3.05) is 19.5 Å². The minimum Gasteiger partial charge on any atom is -0.493 e. The standard InChI is InChI=1S/C21H21NO6/c1-12(2)27-14-6-7-15-16(11-20(23)28-18(15)10-14)21(24)22-13-5-8-17(25-3)19(9-13)26-4/h5-12H,1-4H3,(H,22,24). The maximum absolute atomic E-state index is 12.8. The first-order valence-electron chi connectivity index (χ1n) is 8.69. The molecule has 1 N–H and O–H groups in total. The van der Waals surface area contributed by atoms with Crippen molar-refractivity contribution in [3.8, 4) is 17.2 Å². The van der Waals surface area contributed by atoms with Crippen molar-refractivity contribution in [2.24, 2.45) is 0 Å². The molecule has 0 saturated carbocycles. The summed E-state index contributed by atoms with van der Waals surface area (Å²) in [5.41, 5.74) is 0.371. The van der Waals surface area contributed by atoms with Crippen molar-refractivity contribution >= 4 is 22.6 Å². The van der Waals surface area contributed by atoms with Crippen molar-refractivity contribution in [1.82, 2.24) is 0 Å². The predicted octanol–water partition coefficient (Wildman–Crippen LogP) is 3.85. The van der Waals surface area contributed by atoms with Gasteiger partial charge in [-0.2, -0.15) is 0 Å². The van der Waals surface area contributed by atoms with E-state index in [0.717, 1.165) is 0 Å². The normalized spacial score (nSPS) is 10.8. The van der Waals surface area contributed by atoms with Gasteiger partial charge in [-0.25, -0.2) is 4.79 Å². The van der Waals surface area contributed by atoms with Crippen molar-refractivity contribution < 1.29 is 23.4 Å². The van der Waals surface area contributed by atoms with Gasteiger partial charge in [0.2, 0.25) is 0 Å². The Morgan fingerprint density at radius 1 is 1.00 bits per heavy atom. The van der Waals surface area contributed by atoms with Crippen molar-refractivity contribution in [3.63, 3.8) is 0 Å². The fourth-order valence-electron chi connectivity index (χ4n) is 2.79. The third kappa shape index (κ3) is 4.09. The van der Waals surface area contributed by atoms with Crippen LogP contribution in [0.1, 0.15) is 24.2 Å². The molecule has 0 bridgehead atoms. The highest BCUT2D eigenvalue weighted by Crippen LogP contribution is 2.30. The number of nitrogens with one attached hydrogen (secondary N) is 1. The molecule has 0 aliphatic carbocycles. The van der Waals surface area contributed by atoms with Crippen molar-refractivity contribution in [1.29, 1.82) is 0 Å². The number of hydrogen-bond donors (Lipinski definition) is 1. The molecule has 3 rings (SSSR count). The van der Waals surface area contributed by atoms with Crippen LogP contribution >= 0.6 is 0 Å². The molecule has 0 fully saturated rings. The number of benzene rings is 2. The van der Waals surface area contributed by atoms with Gasteiger partial charge in [0.1, 0.15) is 11.3 Å². The zero-order chi connectivity index (χ0) is 20.3. The van der Waals surface area contributed by atoms with Crippen LogP contribution in [-0.2, 0) is 0 Å². The first kappa shape index (κ1) is 19.3. The topological polar surface area (TPSA) is 87.0 Å². The number of ether oxygens (including phenoxy) is 3. The van der Waals surface area contributed by atoms with E-state index in [1.54, 1.807) is 36.4 Å². The minimum atomic E-state index is -0.619. The zero-order valence-corrected chi connectivity index (χ0v) is 16.1.